The average molecular weight is 448 g/mol. The fraction of sp³-hybridized carbons (Fsp3) is 0.700. The van der Waals surface area contributed by atoms with E-state index in [1.54, 1.807) is 0 Å². The normalized spacial score (nSPS) is 14.2. The molecule has 1 unspecified atom stereocenters. The molecule has 3 nitrogen and oxygen atoms in total. The molecule has 0 aliphatic rings. The Hall–Kier alpha value is -0.170. The molecule has 0 saturated heterocycles. The second kappa shape index (κ2) is 8.97. The molecule has 0 heterocycles. The maximum Gasteiger partial charge on any atom is 0.104 e. The molecule has 0 aromatic heterocycles. The zero-order chi connectivity index (χ0) is 17.9. The van der Waals surface area contributed by atoms with E-state index < -0.39 is 0 Å². The van der Waals surface area contributed by atoms with Gasteiger partial charge in [-0.05, 0) is 66.9 Å². The number of hydrogen-bond acceptors (Lipinski definition) is 2. The molecule has 1 aromatic rings. The van der Waals surface area contributed by atoms with Crippen LogP contribution in [0.1, 0.15) is 71.6 Å². The molecule has 0 saturated carbocycles. The maximum absolute atomic E-state index is 5.56. The lowest BCUT2D eigenvalue weighted by molar-refractivity contribution is -0.994. The molecule has 2 N–H and O–H groups in total. The predicted molar refractivity (Wildman–Crippen MR) is 99.0 cm³/mol. The van der Waals surface area contributed by atoms with Crippen molar-refractivity contribution >= 4 is 0 Å². The second-order valence-corrected chi connectivity index (χ2v) is 8.93. The SMILES string of the molecule is Cc1ccc(C(CCC[N+](C)(C(C)(C)C)C(C)(C)C)ON)cc1.[I-]. The van der Waals surface area contributed by atoms with Crippen LogP contribution in [0.3, 0.4) is 0 Å². The number of halogens is 1. The minimum atomic E-state index is -0.0241. The summed E-state index contributed by atoms with van der Waals surface area (Å²) in [7, 11) is 2.37. The van der Waals surface area contributed by atoms with Crippen molar-refractivity contribution in [1.82, 2.24) is 0 Å². The maximum atomic E-state index is 5.56. The zero-order valence-corrected chi connectivity index (χ0v) is 19.0. The highest BCUT2D eigenvalue weighted by atomic mass is 127. The largest absolute Gasteiger partial charge is 1.00 e. The van der Waals surface area contributed by atoms with Gasteiger partial charge in [0, 0.05) is 0 Å². The molecule has 4 heteroatoms. The number of aryl methyl sites for hydroxylation is 1. The highest BCUT2D eigenvalue weighted by Gasteiger charge is 2.45. The van der Waals surface area contributed by atoms with Gasteiger partial charge in [-0.15, -0.1) is 0 Å². The molecule has 140 valence electrons. The Balaban J connectivity index is 0.00000529. The Morgan fingerprint density at radius 3 is 1.83 bits per heavy atom. The summed E-state index contributed by atoms with van der Waals surface area (Å²) in [5.41, 5.74) is 2.82. The molecule has 0 aliphatic carbocycles. The number of quaternary nitrogens is 1. The molecule has 0 radical (unpaired) electrons. The van der Waals surface area contributed by atoms with Gasteiger partial charge < -0.3 is 28.5 Å². The fourth-order valence-corrected chi connectivity index (χ4v) is 3.36. The van der Waals surface area contributed by atoms with Crippen LogP contribution in [0.5, 0.6) is 0 Å². The van der Waals surface area contributed by atoms with E-state index in [2.05, 4.69) is 79.8 Å². The van der Waals surface area contributed by atoms with E-state index in [0.29, 0.717) is 0 Å². The highest BCUT2D eigenvalue weighted by molar-refractivity contribution is 5.23. The molecular formula is C20H37IN2O. The first kappa shape index (κ1) is 23.8. The smallest absolute Gasteiger partial charge is 0.104 e. The summed E-state index contributed by atoms with van der Waals surface area (Å²) < 4.78 is 1.02. The highest BCUT2D eigenvalue weighted by Crippen LogP contribution is 2.34. The topological polar surface area (TPSA) is 35.2 Å². The van der Waals surface area contributed by atoms with Gasteiger partial charge in [0.05, 0.1) is 24.7 Å². The number of nitrogens with two attached hydrogens (primary N) is 1. The second-order valence-electron chi connectivity index (χ2n) is 8.93. The van der Waals surface area contributed by atoms with Crippen LogP contribution in [0.25, 0.3) is 0 Å². The van der Waals surface area contributed by atoms with Crippen LogP contribution >= 0.6 is 0 Å². The van der Waals surface area contributed by atoms with Crippen LogP contribution in [0.2, 0.25) is 0 Å². The summed E-state index contributed by atoms with van der Waals surface area (Å²) in [6.07, 6.45) is 2.00. The van der Waals surface area contributed by atoms with E-state index in [4.69, 9.17) is 10.7 Å². The summed E-state index contributed by atoms with van der Waals surface area (Å²) in [5.74, 6) is 5.56. The van der Waals surface area contributed by atoms with Crippen molar-refractivity contribution in [1.29, 1.82) is 0 Å². The van der Waals surface area contributed by atoms with Gasteiger partial charge in [0.2, 0.25) is 0 Å². The summed E-state index contributed by atoms with van der Waals surface area (Å²) in [4.78, 5) is 5.26. The van der Waals surface area contributed by atoms with Gasteiger partial charge in [-0.3, -0.25) is 4.84 Å². The van der Waals surface area contributed by atoms with Crippen molar-refractivity contribution in [2.24, 2.45) is 5.90 Å². The third-order valence-corrected chi connectivity index (χ3v) is 5.65. The van der Waals surface area contributed by atoms with E-state index in [-0.39, 0.29) is 41.2 Å². The Bertz CT molecular complexity index is 472. The van der Waals surface area contributed by atoms with E-state index in [1.807, 2.05) is 0 Å². The van der Waals surface area contributed by atoms with Crippen LogP contribution in [0.15, 0.2) is 24.3 Å². The lowest BCUT2D eigenvalue weighted by atomic mass is 9.90. The Morgan fingerprint density at radius 2 is 1.46 bits per heavy atom. The molecule has 1 aromatic carbocycles. The van der Waals surface area contributed by atoms with Crippen LogP contribution < -0.4 is 29.9 Å². The zero-order valence-electron chi connectivity index (χ0n) is 16.8. The van der Waals surface area contributed by atoms with E-state index in [9.17, 15) is 0 Å². The van der Waals surface area contributed by atoms with Crippen molar-refractivity contribution in [3.63, 3.8) is 0 Å². The van der Waals surface area contributed by atoms with E-state index in [1.165, 1.54) is 11.1 Å². The van der Waals surface area contributed by atoms with Crippen LogP contribution in [0, 0.1) is 6.92 Å². The third kappa shape index (κ3) is 5.68. The van der Waals surface area contributed by atoms with E-state index in [0.717, 1.165) is 23.9 Å². The molecule has 1 rings (SSSR count). The first-order valence-electron chi connectivity index (χ1n) is 8.70. The summed E-state index contributed by atoms with van der Waals surface area (Å²) in [6, 6.07) is 8.47. The number of hydrogen-bond donors (Lipinski definition) is 1. The van der Waals surface area contributed by atoms with Crippen molar-refractivity contribution < 1.29 is 33.3 Å². The standard InChI is InChI=1S/C20H37N2O.HI/c1-16-11-13-17(14-12-16)18(23-21)10-9-15-22(8,19(2,3)4)20(5,6)7;/h11-14,18H,9-10,15,21H2,1-8H3;1H/q+1;/p-1. The minimum absolute atomic E-state index is 0. The van der Waals surface area contributed by atoms with Gasteiger partial charge in [-0.25, -0.2) is 5.90 Å². The van der Waals surface area contributed by atoms with Crippen LogP contribution in [-0.4, -0.2) is 29.2 Å². The Kier molecular flexibility index (Phi) is 8.90. The Morgan fingerprint density at radius 1 is 1.00 bits per heavy atom. The number of nitrogens with zero attached hydrogens (tertiary/aromatic N) is 1. The summed E-state index contributed by atoms with van der Waals surface area (Å²) >= 11 is 0. The van der Waals surface area contributed by atoms with Crippen LogP contribution in [-0.2, 0) is 4.84 Å². The molecule has 0 bridgehead atoms. The Labute approximate surface area is 166 Å². The van der Waals surface area contributed by atoms with Crippen molar-refractivity contribution in [2.75, 3.05) is 13.6 Å². The molecule has 0 aliphatic heterocycles. The van der Waals surface area contributed by atoms with Gasteiger partial charge in [0.25, 0.3) is 0 Å². The third-order valence-electron chi connectivity index (χ3n) is 5.65. The van der Waals surface area contributed by atoms with Gasteiger partial charge in [0.1, 0.15) is 6.10 Å². The van der Waals surface area contributed by atoms with Crippen molar-refractivity contribution in [2.45, 2.75) is 78.5 Å². The lowest BCUT2D eigenvalue weighted by Crippen LogP contribution is -3.00. The summed E-state index contributed by atoms with van der Waals surface area (Å²) in [6.45, 7) is 17.2. The molecule has 1 atom stereocenters. The minimum Gasteiger partial charge on any atom is -1.00 e. The van der Waals surface area contributed by atoms with Gasteiger partial charge >= 0.3 is 0 Å². The van der Waals surface area contributed by atoms with Crippen molar-refractivity contribution in [3.8, 4) is 0 Å². The molecule has 24 heavy (non-hydrogen) atoms. The first-order chi connectivity index (χ1) is 10.4. The van der Waals surface area contributed by atoms with E-state index >= 15 is 0 Å². The number of rotatable bonds is 6. The monoisotopic (exact) mass is 448 g/mol. The van der Waals surface area contributed by atoms with Crippen molar-refractivity contribution in [3.05, 3.63) is 35.4 Å². The fourth-order valence-electron chi connectivity index (χ4n) is 3.36. The predicted octanol–water partition coefficient (Wildman–Crippen LogP) is 1.75. The number of benzene rings is 1. The van der Waals surface area contributed by atoms with Gasteiger partial charge in [-0.2, -0.15) is 0 Å². The van der Waals surface area contributed by atoms with Gasteiger partial charge in [-0.1, -0.05) is 29.8 Å². The van der Waals surface area contributed by atoms with Crippen LogP contribution in [0.4, 0.5) is 0 Å². The molecule has 0 fully saturated rings. The first-order valence-corrected chi connectivity index (χ1v) is 8.70. The summed E-state index contributed by atoms with van der Waals surface area (Å²) in [5, 5.41) is 0. The average Bonchev–Trinajstić information content (AvgIpc) is 2.42. The quantitative estimate of drug-likeness (QED) is 0.409. The molecule has 0 amide bonds. The van der Waals surface area contributed by atoms with Gasteiger partial charge in [0.15, 0.2) is 0 Å². The lowest BCUT2D eigenvalue weighted by Gasteiger charge is -2.54. The molecular weight excluding hydrogens is 411 g/mol. The molecule has 0 spiro atoms.